The van der Waals surface area contributed by atoms with Crippen LogP contribution in [0.4, 0.5) is 0 Å². The van der Waals surface area contributed by atoms with Crippen molar-refractivity contribution >= 4 is 0 Å². The Labute approximate surface area is 105 Å². The molecule has 6 nitrogen and oxygen atoms in total. The number of tetrazole rings is 1. The first-order chi connectivity index (χ1) is 8.85. The number of hydrogen-bond acceptors (Lipinski definition) is 5. The van der Waals surface area contributed by atoms with Crippen molar-refractivity contribution in [3.8, 4) is 22.9 Å². The quantitative estimate of drug-likeness (QED) is 0.792. The Morgan fingerprint density at radius 1 is 1.33 bits per heavy atom. The van der Waals surface area contributed by atoms with Gasteiger partial charge in [-0.05, 0) is 23.8 Å². The third-order valence-electron chi connectivity index (χ3n) is 2.53. The van der Waals surface area contributed by atoms with Crippen molar-refractivity contribution in [3.05, 3.63) is 18.2 Å². The first-order valence-corrected chi connectivity index (χ1v) is 5.89. The molecular weight excluding hydrogens is 232 g/mol. The molecule has 0 bridgehead atoms. The number of nitrogens with one attached hydrogen (secondary N) is 1. The van der Waals surface area contributed by atoms with Crippen LogP contribution >= 0.6 is 0 Å². The van der Waals surface area contributed by atoms with Gasteiger partial charge in [0.25, 0.3) is 0 Å². The van der Waals surface area contributed by atoms with Crippen LogP contribution in [-0.2, 0) is 0 Å². The maximum Gasteiger partial charge on any atom is 0.208 e. The number of aromatic amines is 1. The Morgan fingerprint density at radius 2 is 2.22 bits per heavy atom. The smallest absolute Gasteiger partial charge is 0.208 e. The van der Waals surface area contributed by atoms with E-state index in [2.05, 4.69) is 27.5 Å². The molecule has 1 heterocycles. The highest BCUT2D eigenvalue weighted by Crippen LogP contribution is 2.30. The van der Waals surface area contributed by atoms with Crippen LogP contribution in [0.2, 0.25) is 0 Å². The molecule has 0 aliphatic rings. The second kappa shape index (κ2) is 6.00. The molecule has 0 aliphatic heterocycles. The van der Waals surface area contributed by atoms with Crippen LogP contribution in [0.3, 0.4) is 0 Å². The SMILES string of the molecule is CCCCOc1ccc(-c2nn[nH]n2)c(OC)c1. The summed E-state index contributed by atoms with van der Waals surface area (Å²) in [5, 5.41) is 13.8. The Kier molecular flexibility index (Phi) is 4.11. The average Bonchev–Trinajstić information content (AvgIpc) is 2.92. The molecule has 0 atom stereocenters. The zero-order valence-corrected chi connectivity index (χ0v) is 10.5. The van der Waals surface area contributed by atoms with E-state index in [4.69, 9.17) is 9.47 Å². The summed E-state index contributed by atoms with van der Waals surface area (Å²) >= 11 is 0. The maximum atomic E-state index is 5.62. The van der Waals surface area contributed by atoms with Crippen LogP contribution in [0.15, 0.2) is 18.2 Å². The van der Waals surface area contributed by atoms with E-state index in [1.165, 1.54) is 0 Å². The van der Waals surface area contributed by atoms with Gasteiger partial charge in [-0.1, -0.05) is 13.3 Å². The van der Waals surface area contributed by atoms with Crippen molar-refractivity contribution < 1.29 is 9.47 Å². The maximum absolute atomic E-state index is 5.62. The summed E-state index contributed by atoms with van der Waals surface area (Å²) in [6.07, 6.45) is 2.15. The predicted molar refractivity (Wildman–Crippen MR) is 66.6 cm³/mol. The van der Waals surface area contributed by atoms with E-state index in [1.54, 1.807) is 7.11 Å². The molecule has 2 rings (SSSR count). The zero-order valence-electron chi connectivity index (χ0n) is 10.5. The monoisotopic (exact) mass is 248 g/mol. The first-order valence-electron chi connectivity index (χ1n) is 5.89. The van der Waals surface area contributed by atoms with E-state index in [1.807, 2.05) is 18.2 Å². The summed E-state index contributed by atoms with van der Waals surface area (Å²) in [6.45, 7) is 2.84. The van der Waals surface area contributed by atoms with Crippen molar-refractivity contribution in [1.82, 2.24) is 20.6 Å². The van der Waals surface area contributed by atoms with E-state index < -0.39 is 0 Å². The normalized spacial score (nSPS) is 10.3. The molecule has 0 aliphatic carbocycles. The molecule has 0 amide bonds. The summed E-state index contributed by atoms with van der Waals surface area (Å²) in [6, 6.07) is 5.58. The highest BCUT2D eigenvalue weighted by Gasteiger charge is 2.11. The number of unbranched alkanes of at least 4 members (excludes halogenated alkanes) is 1. The first kappa shape index (κ1) is 12.3. The Balaban J connectivity index is 2.18. The van der Waals surface area contributed by atoms with Crippen LogP contribution in [0, 0.1) is 0 Å². The van der Waals surface area contributed by atoms with Gasteiger partial charge >= 0.3 is 0 Å². The van der Waals surface area contributed by atoms with Gasteiger partial charge in [-0.3, -0.25) is 0 Å². The second-order valence-corrected chi connectivity index (χ2v) is 3.80. The summed E-state index contributed by atoms with van der Waals surface area (Å²) in [5.74, 6) is 1.96. The second-order valence-electron chi connectivity index (χ2n) is 3.80. The van der Waals surface area contributed by atoms with Gasteiger partial charge < -0.3 is 9.47 Å². The van der Waals surface area contributed by atoms with Gasteiger partial charge in [0.1, 0.15) is 11.5 Å². The summed E-state index contributed by atoms with van der Waals surface area (Å²) in [4.78, 5) is 0. The summed E-state index contributed by atoms with van der Waals surface area (Å²) < 4.78 is 10.9. The van der Waals surface area contributed by atoms with Crippen LogP contribution < -0.4 is 9.47 Å². The molecule has 18 heavy (non-hydrogen) atoms. The fraction of sp³-hybridized carbons (Fsp3) is 0.417. The van der Waals surface area contributed by atoms with Crippen LogP contribution in [0.25, 0.3) is 11.4 Å². The molecule has 1 aromatic carbocycles. The molecule has 0 unspecified atom stereocenters. The number of benzene rings is 1. The van der Waals surface area contributed by atoms with Gasteiger partial charge in [0, 0.05) is 6.07 Å². The van der Waals surface area contributed by atoms with Gasteiger partial charge in [-0.15, -0.1) is 10.2 Å². The molecule has 1 N–H and O–H groups in total. The topological polar surface area (TPSA) is 72.9 Å². The van der Waals surface area contributed by atoms with Crippen molar-refractivity contribution in [2.75, 3.05) is 13.7 Å². The van der Waals surface area contributed by atoms with Gasteiger partial charge in [0.15, 0.2) is 0 Å². The Morgan fingerprint density at radius 3 is 2.89 bits per heavy atom. The number of H-pyrrole nitrogens is 1. The molecule has 0 fully saturated rings. The zero-order chi connectivity index (χ0) is 12.8. The average molecular weight is 248 g/mol. The van der Waals surface area contributed by atoms with E-state index in [9.17, 15) is 0 Å². The lowest BCUT2D eigenvalue weighted by atomic mass is 10.2. The van der Waals surface area contributed by atoms with Crippen molar-refractivity contribution in [3.63, 3.8) is 0 Å². The largest absolute Gasteiger partial charge is 0.496 e. The van der Waals surface area contributed by atoms with Gasteiger partial charge in [-0.25, -0.2) is 0 Å². The van der Waals surface area contributed by atoms with Gasteiger partial charge in [0.2, 0.25) is 5.82 Å². The lowest BCUT2D eigenvalue weighted by Crippen LogP contribution is -1.97. The summed E-state index contributed by atoms with van der Waals surface area (Å²) in [7, 11) is 1.61. The molecule has 0 saturated carbocycles. The van der Waals surface area contributed by atoms with Crippen LogP contribution in [0.5, 0.6) is 11.5 Å². The Bertz CT molecular complexity index is 485. The minimum Gasteiger partial charge on any atom is -0.496 e. The molecular formula is C12H16N4O2. The molecule has 2 aromatic rings. The van der Waals surface area contributed by atoms with Gasteiger partial charge in [-0.2, -0.15) is 5.21 Å². The number of ether oxygens (including phenoxy) is 2. The molecule has 96 valence electrons. The van der Waals surface area contributed by atoms with Crippen molar-refractivity contribution in [1.29, 1.82) is 0 Å². The predicted octanol–water partition coefficient (Wildman–Crippen LogP) is 2.05. The van der Waals surface area contributed by atoms with E-state index in [-0.39, 0.29) is 0 Å². The minimum absolute atomic E-state index is 0.506. The third-order valence-corrected chi connectivity index (χ3v) is 2.53. The number of methoxy groups -OCH3 is 1. The number of hydrogen-bond donors (Lipinski definition) is 1. The van der Waals surface area contributed by atoms with E-state index >= 15 is 0 Å². The third kappa shape index (κ3) is 2.77. The minimum atomic E-state index is 0.506. The fourth-order valence-electron chi connectivity index (χ4n) is 1.56. The molecule has 1 aromatic heterocycles. The van der Waals surface area contributed by atoms with Crippen molar-refractivity contribution in [2.24, 2.45) is 0 Å². The van der Waals surface area contributed by atoms with E-state index in [0.717, 1.165) is 24.2 Å². The number of nitrogens with zero attached hydrogens (tertiary/aromatic N) is 3. The van der Waals surface area contributed by atoms with Crippen LogP contribution in [-0.4, -0.2) is 34.3 Å². The molecule has 6 heteroatoms. The molecule has 0 radical (unpaired) electrons. The fourth-order valence-corrected chi connectivity index (χ4v) is 1.56. The van der Waals surface area contributed by atoms with Gasteiger partial charge in [0.05, 0.1) is 19.3 Å². The molecule has 0 saturated heterocycles. The lowest BCUT2D eigenvalue weighted by Gasteiger charge is -2.09. The highest BCUT2D eigenvalue weighted by atomic mass is 16.5. The number of rotatable bonds is 6. The highest BCUT2D eigenvalue weighted by molar-refractivity contribution is 5.65. The Hall–Kier alpha value is -2.11. The number of aromatic nitrogens is 4. The van der Waals surface area contributed by atoms with Crippen LogP contribution in [0.1, 0.15) is 19.8 Å². The molecule has 0 spiro atoms. The van der Waals surface area contributed by atoms with E-state index in [0.29, 0.717) is 18.2 Å². The lowest BCUT2D eigenvalue weighted by molar-refractivity contribution is 0.307. The van der Waals surface area contributed by atoms with Crippen molar-refractivity contribution in [2.45, 2.75) is 19.8 Å². The summed E-state index contributed by atoms with van der Waals surface area (Å²) in [5.41, 5.74) is 0.786. The standard InChI is InChI=1S/C12H16N4O2/c1-3-4-7-18-9-5-6-10(11(8-9)17-2)12-13-15-16-14-12/h5-6,8H,3-4,7H2,1-2H3,(H,13,14,15,16).